The number of nitrogens with zero attached hydrogens (tertiary/aromatic N) is 2. The van der Waals surface area contributed by atoms with Crippen molar-refractivity contribution in [2.24, 2.45) is 0 Å². The van der Waals surface area contributed by atoms with E-state index >= 15 is 0 Å². The highest BCUT2D eigenvalue weighted by atomic mass is 16.2. The molecule has 0 aliphatic carbocycles. The summed E-state index contributed by atoms with van der Waals surface area (Å²) in [6.07, 6.45) is 7.29. The summed E-state index contributed by atoms with van der Waals surface area (Å²) in [5.41, 5.74) is 5.46. The van der Waals surface area contributed by atoms with Gasteiger partial charge in [0.15, 0.2) is 0 Å². The summed E-state index contributed by atoms with van der Waals surface area (Å²) >= 11 is 0. The van der Waals surface area contributed by atoms with Gasteiger partial charge in [-0.3, -0.25) is 4.79 Å². The fourth-order valence-electron chi connectivity index (χ4n) is 3.85. The molecule has 0 atom stereocenters. The van der Waals surface area contributed by atoms with Crippen LogP contribution in [0, 0.1) is 11.3 Å². The number of fused-ring (bicyclic) bond motifs is 1. The first kappa shape index (κ1) is 18.1. The van der Waals surface area contributed by atoms with Gasteiger partial charge in [0.1, 0.15) is 0 Å². The number of benzene rings is 2. The van der Waals surface area contributed by atoms with E-state index in [1.54, 1.807) is 0 Å². The summed E-state index contributed by atoms with van der Waals surface area (Å²) in [5.74, 6) is 0.223. The van der Waals surface area contributed by atoms with Gasteiger partial charge < -0.3 is 9.88 Å². The highest BCUT2D eigenvalue weighted by Crippen LogP contribution is 2.24. The van der Waals surface area contributed by atoms with Crippen molar-refractivity contribution in [2.45, 2.75) is 25.7 Å². The van der Waals surface area contributed by atoms with Crippen molar-refractivity contribution in [3.8, 4) is 6.07 Å². The first-order valence-electron chi connectivity index (χ1n) is 9.77. The Morgan fingerprint density at radius 1 is 1.18 bits per heavy atom. The maximum absolute atomic E-state index is 12.6. The molecule has 4 rings (SSSR count). The first-order chi connectivity index (χ1) is 13.7. The quantitative estimate of drug-likeness (QED) is 0.710. The van der Waals surface area contributed by atoms with Crippen LogP contribution in [-0.4, -0.2) is 28.9 Å². The molecule has 0 radical (unpaired) electrons. The van der Waals surface area contributed by atoms with Crippen LogP contribution < -0.4 is 0 Å². The summed E-state index contributed by atoms with van der Waals surface area (Å²) in [7, 11) is 0. The summed E-state index contributed by atoms with van der Waals surface area (Å²) in [6, 6.07) is 18.3. The maximum atomic E-state index is 12.6. The molecule has 1 amide bonds. The molecule has 0 saturated heterocycles. The van der Waals surface area contributed by atoms with Crippen LogP contribution in [0.15, 0.2) is 60.8 Å². The van der Waals surface area contributed by atoms with Gasteiger partial charge in [0, 0.05) is 36.6 Å². The number of hydrogen-bond donors (Lipinski definition) is 1. The Morgan fingerprint density at radius 3 is 2.79 bits per heavy atom. The van der Waals surface area contributed by atoms with Crippen LogP contribution in [0.5, 0.6) is 0 Å². The molecule has 0 bridgehead atoms. The second kappa shape index (κ2) is 8.14. The highest BCUT2D eigenvalue weighted by Gasteiger charge is 2.17. The Labute approximate surface area is 165 Å². The zero-order valence-electron chi connectivity index (χ0n) is 15.8. The molecule has 140 valence electrons. The van der Waals surface area contributed by atoms with Crippen molar-refractivity contribution in [1.29, 1.82) is 5.26 Å². The van der Waals surface area contributed by atoms with Gasteiger partial charge in [-0.25, -0.2) is 0 Å². The number of H-pyrrole nitrogens is 1. The Balaban J connectivity index is 1.32. The number of hydrogen-bond acceptors (Lipinski definition) is 2. The number of rotatable bonds is 5. The maximum Gasteiger partial charge on any atom is 0.222 e. The zero-order chi connectivity index (χ0) is 19.3. The van der Waals surface area contributed by atoms with Crippen LogP contribution in [0.25, 0.3) is 16.5 Å². The number of aromatic amines is 1. The number of nitrogens with one attached hydrogen (secondary N) is 1. The number of carbonyl (C=O) groups is 1. The van der Waals surface area contributed by atoms with Gasteiger partial charge >= 0.3 is 0 Å². The van der Waals surface area contributed by atoms with Gasteiger partial charge in [0.2, 0.25) is 5.91 Å². The summed E-state index contributed by atoms with van der Waals surface area (Å²) in [6.45, 7) is 1.49. The molecule has 0 spiro atoms. The average molecular weight is 369 g/mol. The molecule has 1 aliphatic rings. The van der Waals surface area contributed by atoms with Crippen molar-refractivity contribution in [2.75, 3.05) is 13.1 Å². The lowest BCUT2D eigenvalue weighted by molar-refractivity contribution is -0.130. The van der Waals surface area contributed by atoms with E-state index in [1.165, 1.54) is 16.7 Å². The number of carbonyl (C=O) groups excluding carboxylic acids is 1. The lowest BCUT2D eigenvalue weighted by atomic mass is 9.99. The van der Waals surface area contributed by atoms with E-state index in [-0.39, 0.29) is 5.91 Å². The predicted molar refractivity (Wildman–Crippen MR) is 112 cm³/mol. The molecule has 0 saturated carbocycles. The van der Waals surface area contributed by atoms with Crippen LogP contribution in [0.4, 0.5) is 0 Å². The number of aromatic nitrogens is 1. The third-order valence-corrected chi connectivity index (χ3v) is 5.44. The second-order valence-corrected chi connectivity index (χ2v) is 7.22. The van der Waals surface area contributed by atoms with E-state index in [2.05, 4.69) is 41.4 Å². The van der Waals surface area contributed by atoms with Crippen LogP contribution in [0.2, 0.25) is 0 Å². The van der Waals surface area contributed by atoms with Gasteiger partial charge in [0.05, 0.1) is 11.6 Å². The normalized spacial score (nSPS) is 14.0. The van der Waals surface area contributed by atoms with Gasteiger partial charge in [-0.15, -0.1) is 0 Å². The molecule has 4 nitrogen and oxygen atoms in total. The van der Waals surface area contributed by atoms with Crippen LogP contribution in [0.3, 0.4) is 0 Å². The van der Waals surface area contributed by atoms with Crippen molar-refractivity contribution in [3.05, 3.63) is 77.5 Å². The predicted octanol–water partition coefficient (Wildman–Crippen LogP) is 4.68. The fraction of sp³-hybridized carbons (Fsp3) is 0.250. The summed E-state index contributed by atoms with van der Waals surface area (Å²) in [4.78, 5) is 17.8. The molecule has 2 aromatic carbocycles. The van der Waals surface area contributed by atoms with Gasteiger partial charge in [0.25, 0.3) is 0 Å². The smallest absolute Gasteiger partial charge is 0.222 e. The van der Waals surface area contributed by atoms with E-state index in [0.29, 0.717) is 18.5 Å². The monoisotopic (exact) mass is 369 g/mol. The summed E-state index contributed by atoms with van der Waals surface area (Å²) in [5, 5.41) is 10.2. The zero-order valence-corrected chi connectivity index (χ0v) is 15.8. The van der Waals surface area contributed by atoms with E-state index < -0.39 is 0 Å². The minimum absolute atomic E-state index is 0.223. The molecule has 2 heterocycles. The average Bonchev–Trinajstić information content (AvgIpc) is 3.16. The molecule has 4 heteroatoms. The lowest BCUT2D eigenvalue weighted by Crippen LogP contribution is -2.34. The Kier molecular flexibility index (Phi) is 5.25. The lowest BCUT2D eigenvalue weighted by Gasteiger charge is -2.26. The fourth-order valence-corrected chi connectivity index (χ4v) is 3.85. The minimum atomic E-state index is 0.223. The molecular formula is C24H23N3O. The van der Waals surface area contributed by atoms with Crippen molar-refractivity contribution in [3.63, 3.8) is 0 Å². The standard InChI is InChI=1S/C24H23N3O/c25-16-18-9-10-23-22(15-18)21(17-26-23)7-4-8-24(28)27-13-11-20(12-14-27)19-5-2-1-3-6-19/h1-3,5-6,9-11,15,17,26H,4,7-8,12-14H2. The Morgan fingerprint density at radius 2 is 2.04 bits per heavy atom. The molecule has 1 aromatic heterocycles. The Hall–Kier alpha value is -3.32. The van der Waals surface area contributed by atoms with E-state index in [1.807, 2.05) is 35.4 Å². The first-order valence-corrected chi connectivity index (χ1v) is 9.77. The SMILES string of the molecule is N#Cc1ccc2[nH]cc(CCCC(=O)N3CC=C(c4ccccc4)CC3)c2c1. The molecule has 1 N–H and O–H groups in total. The number of amides is 1. The molecule has 1 aliphatic heterocycles. The van der Waals surface area contributed by atoms with Crippen LogP contribution >= 0.6 is 0 Å². The topological polar surface area (TPSA) is 59.9 Å². The minimum Gasteiger partial charge on any atom is -0.361 e. The van der Waals surface area contributed by atoms with Crippen LogP contribution in [0.1, 0.15) is 36.0 Å². The van der Waals surface area contributed by atoms with E-state index in [0.717, 1.165) is 36.7 Å². The van der Waals surface area contributed by atoms with Gasteiger partial charge in [-0.05, 0) is 54.2 Å². The Bertz CT molecular complexity index is 1060. The second-order valence-electron chi connectivity index (χ2n) is 7.22. The molecular weight excluding hydrogens is 346 g/mol. The molecule has 3 aromatic rings. The van der Waals surface area contributed by atoms with Crippen molar-refractivity contribution < 1.29 is 4.79 Å². The molecule has 0 unspecified atom stereocenters. The van der Waals surface area contributed by atoms with E-state index in [4.69, 9.17) is 5.26 Å². The highest BCUT2D eigenvalue weighted by molar-refractivity contribution is 5.84. The van der Waals surface area contributed by atoms with Crippen molar-refractivity contribution in [1.82, 2.24) is 9.88 Å². The number of aryl methyl sites for hydroxylation is 1. The van der Waals surface area contributed by atoms with Gasteiger partial charge in [-0.1, -0.05) is 36.4 Å². The van der Waals surface area contributed by atoms with Crippen molar-refractivity contribution >= 4 is 22.4 Å². The third-order valence-electron chi connectivity index (χ3n) is 5.44. The third kappa shape index (κ3) is 3.84. The molecule has 28 heavy (non-hydrogen) atoms. The van der Waals surface area contributed by atoms with Gasteiger partial charge in [-0.2, -0.15) is 5.26 Å². The van der Waals surface area contributed by atoms with E-state index in [9.17, 15) is 4.79 Å². The largest absolute Gasteiger partial charge is 0.361 e. The number of nitriles is 1. The van der Waals surface area contributed by atoms with Crippen LogP contribution in [-0.2, 0) is 11.2 Å². The molecule has 0 fully saturated rings. The summed E-state index contributed by atoms with van der Waals surface area (Å²) < 4.78 is 0.